The van der Waals surface area contributed by atoms with Crippen LogP contribution >= 0.6 is 0 Å². The molecule has 1 saturated heterocycles. The van der Waals surface area contributed by atoms with Crippen LogP contribution in [0.15, 0.2) is 23.1 Å². The number of amides is 2. The summed E-state index contributed by atoms with van der Waals surface area (Å²) in [6.07, 6.45) is 1.59. The van der Waals surface area contributed by atoms with Gasteiger partial charge in [0.05, 0.1) is 12.0 Å². The van der Waals surface area contributed by atoms with Crippen LogP contribution in [0.3, 0.4) is 0 Å². The Balaban J connectivity index is 1.92. The highest BCUT2D eigenvalue weighted by Crippen LogP contribution is 2.22. The van der Waals surface area contributed by atoms with Gasteiger partial charge in [0.1, 0.15) is 5.75 Å². The highest BCUT2D eigenvalue weighted by atomic mass is 32.2. The molecule has 0 spiro atoms. The van der Waals surface area contributed by atoms with Crippen molar-refractivity contribution in [3.8, 4) is 5.75 Å². The maximum Gasteiger partial charge on any atom is 0.319 e. The number of likely N-dealkylation sites (tertiary alicyclic amines) is 1. The zero-order chi connectivity index (χ0) is 18.6. The van der Waals surface area contributed by atoms with Gasteiger partial charge in [0.15, 0.2) is 0 Å². The van der Waals surface area contributed by atoms with Gasteiger partial charge in [-0.15, -0.1) is 0 Å². The van der Waals surface area contributed by atoms with Crippen LogP contribution in [0, 0.1) is 12.8 Å². The fourth-order valence-electron chi connectivity index (χ4n) is 2.97. The van der Waals surface area contributed by atoms with Crippen molar-refractivity contribution in [3.05, 3.63) is 23.8 Å². The molecule has 1 heterocycles. The van der Waals surface area contributed by atoms with Crippen molar-refractivity contribution in [2.24, 2.45) is 5.92 Å². The Morgan fingerprint density at radius 2 is 1.96 bits per heavy atom. The van der Waals surface area contributed by atoms with Crippen LogP contribution < -0.4 is 9.46 Å². The van der Waals surface area contributed by atoms with Gasteiger partial charge in [-0.25, -0.2) is 17.9 Å². The van der Waals surface area contributed by atoms with Gasteiger partial charge >= 0.3 is 6.03 Å². The van der Waals surface area contributed by atoms with E-state index in [0.29, 0.717) is 30.9 Å². The molecule has 1 aromatic rings. The number of sulfonamides is 1. The molecule has 0 saturated carbocycles. The number of hydrogen-bond acceptors (Lipinski definition) is 4. The quantitative estimate of drug-likeness (QED) is 0.856. The minimum Gasteiger partial charge on any atom is -0.497 e. The molecule has 25 heavy (non-hydrogen) atoms. The molecule has 1 aliphatic heterocycles. The van der Waals surface area contributed by atoms with Crippen molar-refractivity contribution < 1.29 is 17.9 Å². The van der Waals surface area contributed by atoms with E-state index >= 15 is 0 Å². The van der Waals surface area contributed by atoms with Crippen molar-refractivity contribution in [2.75, 3.05) is 40.8 Å². The number of carbonyl (C=O) groups is 1. The largest absolute Gasteiger partial charge is 0.497 e. The fourth-order valence-corrected chi connectivity index (χ4v) is 4.31. The third-order valence-electron chi connectivity index (χ3n) is 4.50. The Bertz CT molecular complexity index is 711. The van der Waals surface area contributed by atoms with Gasteiger partial charge in [-0.1, -0.05) is 0 Å². The molecule has 1 aromatic carbocycles. The number of carbonyl (C=O) groups excluding carboxylic acids is 1. The molecule has 2 amide bonds. The molecule has 0 unspecified atom stereocenters. The van der Waals surface area contributed by atoms with Crippen LogP contribution in [0.5, 0.6) is 5.75 Å². The topological polar surface area (TPSA) is 79.0 Å². The second-order valence-corrected chi connectivity index (χ2v) is 8.33. The van der Waals surface area contributed by atoms with E-state index in [2.05, 4.69) is 4.72 Å². The predicted molar refractivity (Wildman–Crippen MR) is 96.3 cm³/mol. The summed E-state index contributed by atoms with van der Waals surface area (Å²) < 4.78 is 32.9. The molecule has 0 bridgehead atoms. The van der Waals surface area contributed by atoms with Gasteiger partial charge in [0.25, 0.3) is 0 Å². The predicted octanol–water partition coefficient (Wildman–Crippen LogP) is 1.68. The van der Waals surface area contributed by atoms with Crippen molar-refractivity contribution in [1.82, 2.24) is 14.5 Å². The zero-order valence-electron chi connectivity index (χ0n) is 15.3. The molecule has 1 N–H and O–H groups in total. The van der Waals surface area contributed by atoms with E-state index in [4.69, 9.17) is 4.74 Å². The van der Waals surface area contributed by atoms with Gasteiger partial charge in [0, 0.05) is 33.7 Å². The van der Waals surface area contributed by atoms with Gasteiger partial charge in [0.2, 0.25) is 10.0 Å². The van der Waals surface area contributed by atoms with Gasteiger partial charge in [-0.2, -0.15) is 0 Å². The Labute approximate surface area is 150 Å². The van der Waals surface area contributed by atoms with Crippen LogP contribution in [0.25, 0.3) is 0 Å². The summed E-state index contributed by atoms with van der Waals surface area (Å²) >= 11 is 0. The third kappa shape index (κ3) is 4.85. The Morgan fingerprint density at radius 1 is 1.32 bits per heavy atom. The van der Waals surface area contributed by atoms with E-state index in [-0.39, 0.29) is 16.8 Å². The van der Waals surface area contributed by atoms with Crippen LogP contribution in [-0.4, -0.2) is 65.1 Å². The number of benzene rings is 1. The molecule has 8 heteroatoms. The highest BCUT2D eigenvalue weighted by molar-refractivity contribution is 7.89. The average Bonchev–Trinajstić information content (AvgIpc) is 2.59. The molecule has 0 radical (unpaired) electrons. The number of methoxy groups -OCH3 is 1. The summed E-state index contributed by atoms with van der Waals surface area (Å²) in [6.45, 7) is 3.45. The number of rotatable bonds is 5. The molecule has 2 rings (SSSR count). The van der Waals surface area contributed by atoms with Gasteiger partial charge in [-0.3, -0.25) is 0 Å². The maximum atomic E-state index is 12.5. The van der Waals surface area contributed by atoms with Crippen molar-refractivity contribution in [2.45, 2.75) is 24.7 Å². The Kier molecular flexibility index (Phi) is 6.29. The van der Waals surface area contributed by atoms with Crippen molar-refractivity contribution in [1.29, 1.82) is 0 Å². The molecule has 140 valence electrons. The minimum absolute atomic E-state index is 0.00730. The maximum absolute atomic E-state index is 12.5. The van der Waals surface area contributed by atoms with E-state index in [1.54, 1.807) is 56.1 Å². The molecule has 7 nitrogen and oxygen atoms in total. The summed E-state index contributed by atoms with van der Waals surface area (Å²) in [5, 5.41) is 0. The molecule has 1 fully saturated rings. The summed E-state index contributed by atoms with van der Waals surface area (Å²) in [5.74, 6) is 0.869. The minimum atomic E-state index is -3.55. The lowest BCUT2D eigenvalue weighted by Crippen LogP contribution is -2.45. The summed E-state index contributed by atoms with van der Waals surface area (Å²) in [7, 11) is 1.47. The van der Waals surface area contributed by atoms with E-state index in [0.717, 1.165) is 12.8 Å². The Hall–Kier alpha value is -1.80. The number of urea groups is 1. The standard InChI is InChI=1S/C17H27N3O4S/c1-13-11-15(24-4)5-6-16(13)25(22,23)18-12-14-7-9-20(10-8-14)17(21)19(2)3/h5-6,11,14,18H,7-10,12H2,1-4H3. The van der Waals surface area contributed by atoms with Gasteiger partial charge in [-0.05, 0) is 49.4 Å². The number of aryl methyl sites for hydroxylation is 1. The number of nitrogens with zero attached hydrogens (tertiary/aromatic N) is 2. The smallest absolute Gasteiger partial charge is 0.319 e. The lowest BCUT2D eigenvalue weighted by molar-refractivity contribution is 0.148. The number of ether oxygens (including phenoxy) is 1. The SMILES string of the molecule is COc1ccc(S(=O)(=O)NCC2CCN(C(=O)N(C)C)CC2)c(C)c1. The molecule has 0 atom stereocenters. The first-order chi connectivity index (χ1) is 11.7. The number of hydrogen-bond donors (Lipinski definition) is 1. The molecular weight excluding hydrogens is 342 g/mol. The second kappa shape index (κ2) is 8.05. The molecule has 1 aliphatic rings. The average molecular weight is 369 g/mol. The van der Waals surface area contributed by atoms with Crippen LogP contribution in [0.2, 0.25) is 0 Å². The third-order valence-corrected chi connectivity index (χ3v) is 6.09. The lowest BCUT2D eigenvalue weighted by atomic mass is 9.97. The van der Waals surface area contributed by atoms with E-state index in [1.165, 1.54) is 0 Å². The first kappa shape index (κ1) is 19.5. The number of nitrogens with one attached hydrogen (secondary N) is 1. The first-order valence-electron chi connectivity index (χ1n) is 8.35. The fraction of sp³-hybridized carbons (Fsp3) is 0.588. The molecule has 0 aliphatic carbocycles. The highest BCUT2D eigenvalue weighted by Gasteiger charge is 2.25. The van der Waals surface area contributed by atoms with Crippen LogP contribution in [0.4, 0.5) is 4.79 Å². The van der Waals surface area contributed by atoms with Gasteiger partial charge < -0.3 is 14.5 Å². The van der Waals surface area contributed by atoms with E-state index < -0.39 is 10.0 Å². The monoisotopic (exact) mass is 369 g/mol. The molecular formula is C17H27N3O4S. The van der Waals surface area contributed by atoms with Crippen LogP contribution in [-0.2, 0) is 10.0 Å². The normalized spacial score (nSPS) is 15.9. The summed E-state index contributed by atoms with van der Waals surface area (Å²) in [6, 6.07) is 4.93. The summed E-state index contributed by atoms with van der Waals surface area (Å²) in [4.78, 5) is 15.6. The van der Waals surface area contributed by atoms with Crippen molar-refractivity contribution >= 4 is 16.1 Å². The summed E-state index contributed by atoms with van der Waals surface area (Å²) in [5.41, 5.74) is 0.651. The second-order valence-electron chi connectivity index (χ2n) is 6.59. The zero-order valence-corrected chi connectivity index (χ0v) is 16.1. The number of piperidine rings is 1. The lowest BCUT2D eigenvalue weighted by Gasteiger charge is -2.33. The van der Waals surface area contributed by atoms with E-state index in [1.807, 2.05) is 0 Å². The van der Waals surface area contributed by atoms with Crippen molar-refractivity contribution in [3.63, 3.8) is 0 Å². The molecule has 0 aromatic heterocycles. The first-order valence-corrected chi connectivity index (χ1v) is 9.83. The van der Waals surface area contributed by atoms with Crippen LogP contribution in [0.1, 0.15) is 18.4 Å². The Morgan fingerprint density at radius 3 is 2.48 bits per heavy atom. The van der Waals surface area contributed by atoms with E-state index in [9.17, 15) is 13.2 Å².